The number of amides is 1. The summed E-state index contributed by atoms with van der Waals surface area (Å²) in [6, 6.07) is 1.36. The van der Waals surface area contributed by atoms with Crippen molar-refractivity contribution in [3.63, 3.8) is 0 Å². The fraction of sp³-hybridized carbons (Fsp3) is 0.545. The van der Waals surface area contributed by atoms with Crippen LogP contribution >= 0.6 is 24.2 Å². The number of H-pyrrole nitrogens is 1. The highest BCUT2D eigenvalue weighted by molar-refractivity contribution is 7.99. The molecule has 1 aliphatic heterocycles. The minimum Gasteiger partial charge on any atom is -0.356 e. The standard InChI is InChI=1S/C11H18N4O3S2.ClH/c12-1-2-13-11(16)10-7-9(8-14-10)20(17,18)15-3-5-19-6-4-15;/h7-8,14H,1-6,12H2,(H,13,16);1H. The molecule has 1 saturated heterocycles. The van der Waals surface area contributed by atoms with E-state index in [1.54, 1.807) is 11.8 Å². The molecule has 0 spiro atoms. The van der Waals surface area contributed by atoms with E-state index in [4.69, 9.17) is 5.73 Å². The van der Waals surface area contributed by atoms with E-state index in [2.05, 4.69) is 10.3 Å². The molecule has 1 aromatic rings. The first-order valence-electron chi connectivity index (χ1n) is 6.30. The summed E-state index contributed by atoms with van der Waals surface area (Å²) in [7, 11) is -3.51. The minimum atomic E-state index is -3.51. The largest absolute Gasteiger partial charge is 0.356 e. The predicted octanol–water partition coefficient (Wildman–Crippen LogP) is -0.138. The van der Waals surface area contributed by atoms with Crippen LogP contribution in [0.2, 0.25) is 0 Å². The first-order valence-corrected chi connectivity index (χ1v) is 8.90. The molecule has 10 heteroatoms. The summed E-state index contributed by atoms with van der Waals surface area (Å²) >= 11 is 1.74. The van der Waals surface area contributed by atoms with Gasteiger partial charge in [-0.05, 0) is 6.07 Å². The molecule has 2 heterocycles. The number of hydrogen-bond acceptors (Lipinski definition) is 5. The Bertz CT molecular complexity index is 570. The van der Waals surface area contributed by atoms with Crippen LogP contribution in [-0.4, -0.2) is 61.3 Å². The van der Waals surface area contributed by atoms with Gasteiger partial charge in [-0.1, -0.05) is 0 Å². The van der Waals surface area contributed by atoms with E-state index < -0.39 is 10.0 Å². The van der Waals surface area contributed by atoms with Gasteiger partial charge in [0.2, 0.25) is 10.0 Å². The van der Waals surface area contributed by atoms with Crippen molar-refractivity contribution in [2.24, 2.45) is 5.73 Å². The van der Waals surface area contributed by atoms with Gasteiger partial charge >= 0.3 is 0 Å². The topological polar surface area (TPSA) is 108 Å². The summed E-state index contributed by atoms with van der Waals surface area (Å²) in [5, 5.41) is 2.59. The maximum Gasteiger partial charge on any atom is 0.267 e. The van der Waals surface area contributed by atoms with E-state index >= 15 is 0 Å². The molecule has 2 rings (SSSR count). The Labute approximate surface area is 134 Å². The van der Waals surface area contributed by atoms with Gasteiger partial charge in [0.1, 0.15) is 10.6 Å². The summed E-state index contributed by atoms with van der Waals surface area (Å²) in [5.41, 5.74) is 5.52. The molecule has 0 aliphatic carbocycles. The van der Waals surface area contributed by atoms with Crippen molar-refractivity contribution in [2.45, 2.75) is 4.90 Å². The summed E-state index contributed by atoms with van der Waals surface area (Å²) in [4.78, 5) is 14.5. The molecule has 0 radical (unpaired) electrons. The van der Waals surface area contributed by atoms with Crippen molar-refractivity contribution in [1.29, 1.82) is 0 Å². The molecule has 0 aromatic carbocycles. The third kappa shape index (κ3) is 4.36. The van der Waals surface area contributed by atoms with Gasteiger partial charge in [-0.25, -0.2) is 8.42 Å². The van der Waals surface area contributed by atoms with Gasteiger partial charge in [0.15, 0.2) is 0 Å². The number of rotatable bonds is 5. The van der Waals surface area contributed by atoms with E-state index in [0.29, 0.717) is 26.2 Å². The maximum absolute atomic E-state index is 12.4. The molecule has 21 heavy (non-hydrogen) atoms. The zero-order valence-corrected chi connectivity index (χ0v) is 13.8. The second-order valence-corrected chi connectivity index (χ2v) is 7.47. The van der Waals surface area contributed by atoms with Crippen LogP contribution in [0.4, 0.5) is 0 Å². The Morgan fingerprint density at radius 2 is 2.10 bits per heavy atom. The second kappa shape index (κ2) is 8.04. The van der Waals surface area contributed by atoms with Crippen molar-refractivity contribution in [1.82, 2.24) is 14.6 Å². The average Bonchev–Trinajstić information content (AvgIpc) is 2.96. The Morgan fingerprint density at radius 1 is 1.43 bits per heavy atom. The molecule has 1 aromatic heterocycles. The van der Waals surface area contributed by atoms with Crippen LogP contribution in [0.15, 0.2) is 17.2 Å². The van der Waals surface area contributed by atoms with Crippen molar-refractivity contribution in [2.75, 3.05) is 37.7 Å². The number of carbonyl (C=O) groups is 1. The molecule has 1 fully saturated rings. The Hall–Kier alpha value is -0.740. The van der Waals surface area contributed by atoms with Crippen LogP contribution in [0.3, 0.4) is 0 Å². The number of carbonyl (C=O) groups excluding carboxylic acids is 1. The summed E-state index contributed by atoms with van der Waals surface area (Å²) in [6.07, 6.45) is 1.36. The number of thioether (sulfide) groups is 1. The molecular weight excluding hydrogens is 336 g/mol. The van der Waals surface area contributed by atoms with E-state index in [0.717, 1.165) is 11.5 Å². The summed E-state index contributed by atoms with van der Waals surface area (Å²) < 4.78 is 26.2. The van der Waals surface area contributed by atoms with Crippen molar-refractivity contribution in [3.05, 3.63) is 18.0 Å². The molecule has 1 aliphatic rings. The number of halogens is 1. The highest BCUT2D eigenvalue weighted by Gasteiger charge is 2.27. The fourth-order valence-electron chi connectivity index (χ4n) is 1.87. The van der Waals surface area contributed by atoms with Gasteiger partial charge in [-0.2, -0.15) is 16.1 Å². The predicted molar refractivity (Wildman–Crippen MR) is 85.5 cm³/mol. The van der Waals surface area contributed by atoms with E-state index in [9.17, 15) is 13.2 Å². The van der Waals surface area contributed by atoms with Crippen LogP contribution in [0.5, 0.6) is 0 Å². The van der Waals surface area contributed by atoms with Gasteiger partial charge < -0.3 is 16.0 Å². The molecule has 0 bridgehead atoms. The quantitative estimate of drug-likeness (QED) is 0.682. The number of hydrogen-bond donors (Lipinski definition) is 3. The highest BCUT2D eigenvalue weighted by Crippen LogP contribution is 2.20. The maximum atomic E-state index is 12.4. The zero-order valence-electron chi connectivity index (χ0n) is 11.4. The SMILES string of the molecule is Cl.NCCNC(=O)c1cc(S(=O)(=O)N2CCSCC2)c[nH]1. The minimum absolute atomic E-state index is 0. The third-order valence-electron chi connectivity index (χ3n) is 2.94. The molecule has 120 valence electrons. The van der Waals surface area contributed by atoms with Gasteiger partial charge in [0.25, 0.3) is 5.91 Å². The smallest absolute Gasteiger partial charge is 0.267 e. The number of aromatic amines is 1. The molecular formula is C11H19ClN4O3S2. The summed E-state index contributed by atoms with van der Waals surface area (Å²) in [6.45, 7) is 1.70. The lowest BCUT2D eigenvalue weighted by Gasteiger charge is -2.24. The molecule has 0 saturated carbocycles. The number of aromatic nitrogens is 1. The van der Waals surface area contributed by atoms with Crippen LogP contribution in [-0.2, 0) is 10.0 Å². The molecule has 1 amide bonds. The first kappa shape index (κ1) is 18.3. The van der Waals surface area contributed by atoms with E-state index in [1.807, 2.05) is 0 Å². The van der Waals surface area contributed by atoms with Crippen molar-refractivity contribution in [3.8, 4) is 0 Å². The fourth-order valence-corrected chi connectivity index (χ4v) is 4.44. The normalized spacial score (nSPS) is 16.2. The van der Waals surface area contributed by atoms with Crippen molar-refractivity contribution < 1.29 is 13.2 Å². The Balaban J connectivity index is 0.00000220. The van der Waals surface area contributed by atoms with Crippen molar-refractivity contribution >= 4 is 40.1 Å². The molecule has 0 atom stereocenters. The number of sulfonamides is 1. The molecule has 4 N–H and O–H groups in total. The highest BCUT2D eigenvalue weighted by atomic mass is 35.5. The Morgan fingerprint density at radius 3 is 2.71 bits per heavy atom. The average molecular weight is 355 g/mol. The van der Waals surface area contributed by atoms with Crippen LogP contribution in [0, 0.1) is 0 Å². The number of nitrogens with one attached hydrogen (secondary N) is 2. The lowest BCUT2D eigenvalue weighted by Crippen LogP contribution is -2.37. The second-order valence-electron chi connectivity index (χ2n) is 4.31. The molecule has 0 unspecified atom stereocenters. The zero-order chi connectivity index (χ0) is 14.6. The van der Waals surface area contributed by atoms with Crippen LogP contribution in [0.25, 0.3) is 0 Å². The van der Waals surface area contributed by atoms with Gasteiger partial charge in [0.05, 0.1) is 0 Å². The van der Waals surface area contributed by atoms with Crippen LogP contribution in [0.1, 0.15) is 10.5 Å². The number of nitrogens with two attached hydrogens (primary N) is 1. The van der Waals surface area contributed by atoms with E-state index in [-0.39, 0.29) is 28.9 Å². The monoisotopic (exact) mass is 354 g/mol. The molecule has 7 nitrogen and oxygen atoms in total. The third-order valence-corrected chi connectivity index (χ3v) is 5.76. The first-order chi connectivity index (χ1) is 9.55. The van der Waals surface area contributed by atoms with Gasteiger partial charge in [0, 0.05) is 43.9 Å². The lowest BCUT2D eigenvalue weighted by molar-refractivity contribution is 0.0950. The van der Waals surface area contributed by atoms with E-state index in [1.165, 1.54) is 16.6 Å². The number of nitrogens with zero attached hydrogens (tertiary/aromatic N) is 1. The Kier molecular flexibility index (Phi) is 7.01. The lowest BCUT2D eigenvalue weighted by atomic mass is 10.4. The van der Waals surface area contributed by atoms with Gasteiger partial charge in [-0.15, -0.1) is 12.4 Å². The van der Waals surface area contributed by atoms with Gasteiger partial charge in [-0.3, -0.25) is 4.79 Å². The van der Waals surface area contributed by atoms with Crippen LogP contribution < -0.4 is 11.1 Å². The summed E-state index contributed by atoms with van der Waals surface area (Å²) in [5.74, 6) is 1.24.